The van der Waals surface area contributed by atoms with Crippen molar-refractivity contribution in [1.82, 2.24) is 20.1 Å². The average Bonchev–Trinajstić information content (AvgIpc) is 3.26. The highest BCUT2D eigenvalue weighted by Crippen LogP contribution is 2.29. The second-order valence-corrected chi connectivity index (χ2v) is 8.18. The number of hydrogen-bond donors (Lipinski definition) is 2. The maximum Gasteiger partial charge on any atom is 0.317 e. The Morgan fingerprint density at radius 2 is 2.12 bits per heavy atom. The van der Waals surface area contributed by atoms with E-state index in [-0.39, 0.29) is 6.03 Å². The zero-order valence-electron chi connectivity index (χ0n) is 15.4. The third-order valence-corrected chi connectivity index (χ3v) is 5.83. The van der Waals surface area contributed by atoms with Crippen molar-refractivity contribution in [2.24, 2.45) is 5.92 Å². The Morgan fingerprint density at radius 3 is 2.92 bits per heavy atom. The molecule has 0 spiro atoms. The SMILES string of the molecule is CC(CNC(=O)N1CCc2[nH]c3ccc(Cl)cc3c2C1)CN1CCCC1. The van der Waals surface area contributed by atoms with Gasteiger partial charge in [-0.1, -0.05) is 18.5 Å². The Morgan fingerprint density at radius 1 is 1.31 bits per heavy atom. The quantitative estimate of drug-likeness (QED) is 0.858. The van der Waals surface area contributed by atoms with Crippen molar-refractivity contribution in [3.8, 4) is 0 Å². The van der Waals surface area contributed by atoms with Gasteiger partial charge in [-0.15, -0.1) is 0 Å². The molecule has 1 aromatic carbocycles. The van der Waals surface area contributed by atoms with E-state index in [4.69, 9.17) is 11.6 Å². The van der Waals surface area contributed by atoms with Crippen LogP contribution in [-0.2, 0) is 13.0 Å². The topological polar surface area (TPSA) is 51.4 Å². The van der Waals surface area contributed by atoms with Gasteiger partial charge in [0.15, 0.2) is 0 Å². The molecule has 0 saturated carbocycles. The minimum absolute atomic E-state index is 0.0419. The van der Waals surface area contributed by atoms with Gasteiger partial charge >= 0.3 is 6.03 Å². The summed E-state index contributed by atoms with van der Waals surface area (Å²) in [6.07, 6.45) is 3.48. The van der Waals surface area contributed by atoms with Gasteiger partial charge in [-0.25, -0.2) is 4.79 Å². The highest BCUT2D eigenvalue weighted by molar-refractivity contribution is 6.31. The molecule has 2 amide bonds. The molecule has 1 unspecified atom stereocenters. The lowest BCUT2D eigenvalue weighted by Gasteiger charge is -2.28. The minimum Gasteiger partial charge on any atom is -0.358 e. The standard InChI is InChI=1S/C20H27ClN4O/c1-14(12-24-7-2-3-8-24)11-22-20(26)25-9-6-19-17(13-25)16-10-15(21)4-5-18(16)23-19/h4-5,10,14,23H,2-3,6-9,11-13H2,1H3,(H,22,26). The molecule has 0 radical (unpaired) electrons. The van der Waals surface area contributed by atoms with Crippen LogP contribution in [0.25, 0.3) is 10.9 Å². The fourth-order valence-electron chi connectivity index (χ4n) is 4.20. The number of aromatic nitrogens is 1. The van der Waals surface area contributed by atoms with E-state index in [9.17, 15) is 4.79 Å². The van der Waals surface area contributed by atoms with E-state index in [0.717, 1.165) is 42.0 Å². The summed E-state index contributed by atoms with van der Waals surface area (Å²) in [6, 6.07) is 5.95. The maximum absolute atomic E-state index is 12.6. The fourth-order valence-corrected chi connectivity index (χ4v) is 4.38. The first kappa shape index (κ1) is 17.7. The Balaban J connectivity index is 1.36. The van der Waals surface area contributed by atoms with E-state index in [2.05, 4.69) is 22.1 Å². The van der Waals surface area contributed by atoms with Crippen molar-refractivity contribution < 1.29 is 4.79 Å². The van der Waals surface area contributed by atoms with E-state index in [0.29, 0.717) is 12.5 Å². The second kappa shape index (κ2) is 7.49. The molecule has 3 heterocycles. The molecule has 1 aromatic heterocycles. The monoisotopic (exact) mass is 374 g/mol. The number of amides is 2. The maximum atomic E-state index is 12.6. The molecule has 0 aliphatic carbocycles. The predicted molar refractivity (Wildman–Crippen MR) is 106 cm³/mol. The van der Waals surface area contributed by atoms with Gasteiger partial charge in [0.1, 0.15) is 0 Å². The van der Waals surface area contributed by atoms with Crippen LogP contribution >= 0.6 is 11.6 Å². The lowest BCUT2D eigenvalue weighted by molar-refractivity contribution is 0.189. The summed E-state index contributed by atoms with van der Waals surface area (Å²) in [7, 11) is 0. The van der Waals surface area contributed by atoms with Crippen molar-refractivity contribution in [1.29, 1.82) is 0 Å². The number of aromatic amines is 1. The molecule has 0 bridgehead atoms. The van der Waals surface area contributed by atoms with Crippen molar-refractivity contribution in [3.05, 3.63) is 34.5 Å². The smallest absolute Gasteiger partial charge is 0.317 e. The molecule has 5 nitrogen and oxygen atoms in total. The third kappa shape index (κ3) is 3.69. The van der Waals surface area contributed by atoms with Gasteiger partial charge in [0.05, 0.1) is 0 Å². The first-order chi connectivity index (χ1) is 12.6. The molecule has 2 N–H and O–H groups in total. The van der Waals surface area contributed by atoms with Crippen LogP contribution in [0.4, 0.5) is 4.79 Å². The number of carbonyl (C=O) groups is 1. The lowest BCUT2D eigenvalue weighted by Crippen LogP contribution is -2.44. The number of halogens is 1. The van der Waals surface area contributed by atoms with Gasteiger partial charge in [-0.2, -0.15) is 0 Å². The summed E-state index contributed by atoms with van der Waals surface area (Å²) in [5, 5.41) is 5.00. The summed E-state index contributed by atoms with van der Waals surface area (Å²) in [5.74, 6) is 0.476. The number of H-pyrrole nitrogens is 1. The molecular formula is C20H27ClN4O. The van der Waals surface area contributed by atoms with Gasteiger partial charge in [0.2, 0.25) is 0 Å². The number of benzene rings is 1. The minimum atomic E-state index is 0.0419. The molecule has 2 aliphatic rings. The first-order valence-corrected chi connectivity index (χ1v) is 10.0. The molecule has 140 valence electrons. The zero-order chi connectivity index (χ0) is 18.1. The molecule has 2 aromatic rings. The molecule has 4 rings (SSSR count). The Kier molecular flexibility index (Phi) is 5.09. The molecule has 1 atom stereocenters. The fraction of sp³-hybridized carbons (Fsp3) is 0.550. The van der Waals surface area contributed by atoms with Crippen LogP contribution in [0.5, 0.6) is 0 Å². The van der Waals surface area contributed by atoms with Crippen LogP contribution in [0.2, 0.25) is 5.02 Å². The molecule has 26 heavy (non-hydrogen) atoms. The number of hydrogen-bond acceptors (Lipinski definition) is 2. The molecule has 2 aliphatic heterocycles. The molecule has 1 saturated heterocycles. The third-order valence-electron chi connectivity index (χ3n) is 5.59. The van der Waals surface area contributed by atoms with Gasteiger partial charge in [0, 0.05) is 59.8 Å². The first-order valence-electron chi connectivity index (χ1n) is 9.64. The summed E-state index contributed by atoms with van der Waals surface area (Å²) < 4.78 is 0. The van der Waals surface area contributed by atoms with Crippen LogP contribution in [0, 0.1) is 5.92 Å². The van der Waals surface area contributed by atoms with Crippen LogP contribution in [-0.4, -0.2) is 53.5 Å². The normalized spacial score (nSPS) is 18.9. The number of nitrogens with zero attached hydrogens (tertiary/aromatic N) is 2. The number of fused-ring (bicyclic) bond motifs is 3. The van der Waals surface area contributed by atoms with Gasteiger partial charge in [-0.3, -0.25) is 0 Å². The summed E-state index contributed by atoms with van der Waals surface area (Å²) in [5.41, 5.74) is 3.53. The number of urea groups is 1. The lowest BCUT2D eigenvalue weighted by atomic mass is 10.0. The van der Waals surface area contributed by atoms with E-state index < -0.39 is 0 Å². The van der Waals surface area contributed by atoms with Gasteiger partial charge in [0.25, 0.3) is 0 Å². The van der Waals surface area contributed by atoms with Crippen molar-refractivity contribution >= 4 is 28.5 Å². The largest absolute Gasteiger partial charge is 0.358 e. The van der Waals surface area contributed by atoms with E-state index in [1.54, 1.807) is 0 Å². The number of carbonyl (C=O) groups excluding carboxylic acids is 1. The summed E-state index contributed by atoms with van der Waals surface area (Å²) >= 11 is 6.16. The van der Waals surface area contributed by atoms with Crippen LogP contribution < -0.4 is 5.32 Å². The molecule has 6 heteroatoms. The molecular weight excluding hydrogens is 348 g/mol. The molecule has 1 fully saturated rings. The van der Waals surface area contributed by atoms with Crippen LogP contribution in [0.15, 0.2) is 18.2 Å². The van der Waals surface area contributed by atoms with E-state index in [1.807, 2.05) is 23.1 Å². The van der Waals surface area contributed by atoms with E-state index in [1.165, 1.54) is 37.2 Å². The average molecular weight is 375 g/mol. The van der Waals surface area contributed by atoms with Crippen LogP contribution in [0.1, 0.15) is 31.0 Å². The van der Waals surface area contributed by atoms with Crippen molar-refractivity contribution in [3.63, 3.8) is 0 Å². The van der Waals surface area contributed by atoms with Crippen molar-refractivity contribution in [2.45, 2.75) is 32.7 Å². The highest BCUT2D eigenvalue weighted by Gasteiger charge is 2.24. The summed E-state index contributed by atoms with van der Waals surface area (Å²) in [6.45, 7) is 7.83. The van der Waals surface area contributed by atoms with E-state index >= 15 is 0 Å². The Bertz CT molecular complexity index is 796. The zero-order valence-corrected chi connectivity index (χ0v) is 16.1. The highest BCUT2D eigenvalue weighted by atomic mass is 35.5. The number of nitrogens with one attached hydrogen (secondary N) is 2. The van der Waals surface area contributed by atoms with Gasteiger partial charge in [-0.05, 0) is 50.0 Å². The summed E-state index contributed by atoms with van der Waals surface area (Å²) in [4.78, 5) is 20.5. The Labute approximate surface area is 159 Å². The number of likely N-dealkylation sites (tertiary alicyclic amines) is 1. The Hall–Kier alpha value is -1.72. The number of rotatable bonds is 4. The van der Waals surface area contributed by atoms with Crippen molar-refractivity contribution in [2.75, 3.05) is 32.7 Å². The van der Waals surface area contributed by atoms with Gasteiger partial charge < -0.3 is 20.1 Å². The second-order valence-electron chi connectivity index (χ2n) is 7.74. The van der Waals surface area contributed by atoms with Crippen LogP contribution in [0.3, 0.4) is 0 Å². The predicted octanol–water partition coefficient (Wildman–Crippen LogP) is 3.62.